The summed E-state index contributed by atoms with van der Waals surface area (Å²) in [7, 11) is 1.71. The van der Waals surface area contributed by atoms with Gasteiger partial charge in [0.1, 0.15) is 0 Å². The van der Waals surface area contributed by atoms with Crippen molar-refractivity contribution >= 4 is 5.96 Å². The van der Waals surface area contributed by atoms with Gasteiger partial charge >= 0.3 is 0 Å². The van der Waals surface area contributed by atoms with Crippen molar-refractivity contribution in [2.45, 2.75) is 6.54 Å². The fraction of sp³-hybridized carbons (Fsp3) is 0.250. The Bertz CT molecular complexity index is 244. The molecule has 1 aromatic heterocycles. The van der Waals surface area contributed by atoms with E-state index in [9.17, 15) is 0 Å². The molecule has 0 amide bonds. The molecular formula is C8H12N4. The summed E-state index contributed by atoms with van der Waals surface area (Å²) < 4.78 is 0. The second-order valence-electron chi connectivity index (χ2n) is 2.34. The minimum absolute atomic E-state index is 0.318. The molecule has 0 aliphatic heterocycles. The number of hydrogen-bond donors (Lipinski definition) is 3. The lowest BCUT2D eigenvalue weighted by atomic mass is 10.3. The Kier molecular flexibility index (Phi) is 3.07. The van der Waals surface area contributed by atoms with Crippen LogP contribution in [0, 0.1) is 5.41 Å². The summed E-state index contributed by atoms with van der Waals surface area (Å²) in [6, 6.07) is 3.84. The van der Waals surface area contributed by atoms with Crippen LogP contribution in [0.1, 0.15) is 5.56 Å². The van der Waals surface area contributed by atoms with Crippen molar-refractivity contribution in [1.29, 1.82) is 5.41 Å². The van der Waals surface area contributed by atoms with Crippen molar-refractivity contribution in [3.05, 3.63) is 30.1 Å². The molecule has 0 bridgehead atoms. The van der Waals surface area contributed by atoms with Crippen molar-refractivity contribution in [2.24, 2.45) is 0 Å². The fourth-order valence-electron chi connectivity index (χ4n) is 0.782. The molecule has 0 saturated carbocycles. The molecule has 0 unspecified atom stereocenters. The van der Waals surface area contributed by atoms with Crippen LogP contribution in [-0.2, 0) is 6.54 Å². The molecular weight excluding hydrogens is 152 g/mol. The zero-order valence-electron chi connectivity index (χ0n) is 6.96. The van der Waals surface area contributed by atoms with E-state index in [1.54, 1.807) is 19.4 Å². The molecule has 1 rings (SSSR count). The molecule has 0 fully saturated rings. The molecule has 0 atom stereocenters. The third-order valence-corrected chi connectivity index (χ3v) is 1.44. The predicted molar refractivity (Wildman–Crippen MR) is 47.9 cm³/mol. The van der Waals surface area contributed by atoms with Gasteiger partial charge in [0.25, 0.3) is 0 Å². The molecule has 3 N–H and O–H groups in total. The topological polar surface area (TPSA) is 60.8 Å². The van der Waals surface area contributed by atoms with Crippen LogP contribution in [0.2, 0.25) is 0 Å². The fourth-order valence-corrected chi connectivity index (χ4v) is 0.782. The van der Waals surface area contributed by atoms with Gasteiger partial charge in [-0.2, -0.15) is 0 Å². The Balaban J connectivity index is 2.38. The first kappa shape index (κ1) is 8.52. The molecule has 1 heterocycles. The molecule has 0 aromatic carbocycles. The summed E-state index contributed by atoms with van der Waals surface area (Å²) in [5.41, 5.74) is 1.07. The number of hydrogen-bond acceptors (Lipinski definition) is 2. The molecule has 0 aliphatic rings. The average molecular weight is 164 g/mol. The molecule has 0 aliphatic carbocycles. The van der Waals surface area contributed by atoms with Crippen LogP contribution in [0.5, 0.6) is 0 Å². The van der Waals surface area contributed by atoms with Gasteiger partial charge < -0.3 is 10.6 Å². The molecule has 1 aromatic rings. The molecule has 0 radical (unpaired) electrons. The molecule has 64 valence electrons. The van der Waals surface area contributed by atoms with Crippen LogP contribution in [0.25, 0.3) is 0 Å². The van der Waals surface area contributed by atoms with Gasteiger partial charge in [-0.25, -0.2) is 0 Å². The standard InChI is InChI=1S/C8H12N4/c1-10-8(9)12-6-7-3-2-4-11-5-7/h2-5H,6H2,1H3,(H3,9,10,12). The molecule has 4 nitrogen and oxygen atoms in total. The van der Waals surface area contributed by atoms with Crippen molar-refractivity contribution in [3.63, 3.8) is 0 Å². The lowest BCUT2D eigenvalue weighted by molar-refractivity contribution is 0.856. The van der Waals surface area contributed by atoms with Gasteiger partial charge in [0.2, 0.25) is 0 Å². The summed E-state index contributed by atoms with van der Waals surface area (Å²) in [4.78, 5) is 3.96. The number of nitrogens with zero attached hydrogens (tertiary/aromatic N) is 1. The number of aromatic nitrogens is 1. The highest BCUT2D eigenvalue weighted by molar-refractivity contribution is 5.75. The van der Waals surface area contributed by atoms with E-state index in [0.717, 1.165) is 5.56 Å². The smallest absolute Gasteiger partial charge is 0.188 e. The van der Waals surface area contributed by atoms with E-state index < -0.39 is 0 Å². The third kappa shape index (κ3) is 2.57. The second kappa shape index (κ2) is 4.33. The largest absolute Gasteiger partial charge is 0.360 e. The summed E-state index contributed by atoms with van der Waals surface area (Å²) in [5, 5.41) is 12.8. The van der Waals surface area contributed by atoms with Crippen molar-refractivity contribution in [2.75, 3.05) is 7.05 Å². The van der Waals surface area contributed by atoms with Gasteiger partial charge in [-0.3, -0.25) is 10.4 Å². The summed E-state index contributed by atoms with van der Waals surface area (Å²) in [6.45, 7) is 0.632. The predicted octanol–water partition coefficient (Wildman–Crippen LogP) is 0.325. The molecule has 0 saturated heterocycles. The van der Waals surface area contributed by atoms with Gasteiger partial charge in [0.05, 0.1) is 0 Å². The SMILES string of the molecule is CNC(=N)NCc1cccnc1. The van der Waals surface area contributed by atoms with Crippen molar-refractivity contribution < 1.29 is 0 Å². The first-order chi connectivity index (χ1) is 5.83. The van der Waals surface area contributed by atoms with E-state index in [-0.39, 0.29) is 0 Å². The number of rotatable bonds is 2. The quantitative estimate of drug-likeness (QED) is 0.436. The van der Waals surface area contributed by atoms with E-state index in [0.29, 0.717) is 12.5 Å². The summed E-state index contributed by atoms with van der Waals surface area (Å²) in [5.74, 6) is 0.318. The normalized spacial score (nSPS) is 9.08. The molecule has 0 spiro atoms. The Morgan fingerprint density at radius 1 is 1.67 bits per heavy atom. The summed E-state index contributed by atoms with van der Waals surface area (Å²) in [6.07, 6.45) is 3.50. The monoisotopic (exact) mass is 164 g/mol. The van der Waals surface area contributed by atoms with E-state index in [4.69, 9.17) is 5.41 Å². The van der Waals surface area contributed by atoms with Crippen molar-refractivity contribution in [1.82, 2.24) is 15.6 Å². The van der Waals surface area contributed by atoms with Gasteiger partial charge in [0, 0.05) is 26.0 Å². The van der Waals surface area contributed by atoms with Crippen LogP contribution in [0.4, 0.5) is 0 Å². The lowest BCUT2D eigenvalue weighted by Crippen LogP contribution is -2.32. The Morgan fingerprint density at radius 3 is 3.08 bits per heavy atom. The van der Waals surface area contributed by atoms with Gasteiger partial charge in [0.15, 0.2) is 5.96 Å². The van der Waals surface area contributed by atoms with Gasteiger partial charge in [-0.05, 0) is 11.6 Å². The van der Waals surface area contributed by atoms with E-state index in [1.807, 2.05) is 12.1 Å². The Labute approximate surface area is 71.5 Å². The first-order valence-corrected chi connectivity index (χ1v) is 3.72. The zero-order chi connectivity index (χ0) is 8.81. The maximum Gasteiger partial charge on any atom is 0.188 e. The maximum atomic E-state index is 7.24. The highest BCUT2D eigenvalue weighted by Crippen LogP contribution is 1.93. The van der Waals surface area contributed by atoms with E-state index >= 15 is 0 Å². The maximum absolute atomic E-state index is 7.24. The van der Waals surface area contributed by atoms with Crippen LogP contribution in [0.15, 0.2) is 24.5 Å². The first-order valence-electron chi connectivity index (χ1n) is 3.72. The third-order valence-electron chi connectivity index (χ3n) is 1.44. The number of nitrogens with one attached hydrogen (secondary N) is 3. The number of pyridine rings is 1. The molecule has 12 heavy (non-hydrogen) atoms. The highest BCUT2D eigenvalue weighted by Gasteiger charge is 1.92. The zero-order valence-corrected chi connectivity index (χ0v) is 6.96. The molecule has 4 heteroatoms. The summed E-state index contributed by atoms with van der Waals surface area (Å²) >= 11 is 0. The highest BCUT2D eigenvalue weighted by atomic mass is 15.1. The van der Waals surface area contributed by atoms with Crippen LogP contribution in [-0.4, -0.2) is 18.0 Å². The van der Waals surface area contributed by atoms with Crippen LogP contribution in [0.3, 0.4) is 0 Å². The van der Waals surface area contributed by atoms with Gasteiger partial charge in [-0.1, -0.05) is 6.07 Å². The van der Waals surface area contributed by atoms with Gasteiger partial charge in [-0.15, -0.1) is 0 Å². The Hall–Kier alpha value is -1.58. The lowest BCUT2D eigenvalue weighted by Gasteiger charge is -2.05. The van der Waals surface area contributed by atoms with Crippen LogP contribution >= 0.6 is 0 Å². The minimum Gasteiger partial charge on any atom is -0.360 e. The van der Waals surface area contributed by atoms with E-state index in [2.05, 4.69) is 15.6 Å². The van der Waals surface area contributed by atoms with Crippen molar-refractivity contribution in [3.8, 4) is 0 Å². The average Bonchev–Trinajstić information content (AvgIpc) is 2.16. The van der Waals surface area contributed by atoms with Crippen LogP contribution < -0.4 is 10.6 Å². The Morgan fingerprint density at radius 2 is 2.50 bits per heavy atom. The minimum atomic E-state index is 0.318. The second-order valence-corrected chi connectivity index (χ2v) is 2.34. The number of guanidine groups is 1. The van der Waals surface area contributed by atoms with E-state index in [1.165, 1.54) is 0 Å².